The molecule has 1 unspecified atom stereocenters. The van der Waals surface area contributed by atoms with Gasteiger partial charge in [0.2, 0.25) is 5.91 Å². The summed E-state index contributed by atoms with van der Waals surface area (Å²) in [6.07, 6.45) is 6.19. The molecule has 4 heteroatoms. The van der Waals surface area contributed by atoms with Gasteiger partial charge in [0.05, 0.1) is 6.10 Å². The third kappa shape index (κ3) is 6.39. The summed E-state index contributed by atoms with van der Waals surface area (Å²) in [6, 6.07) is 0. The van der Waals surface area contributed by atoms with Crippen LogP contribution >= 0.6 is 0 Å². The van der Waals surface area contributed by atoms with E-state index in [0.29, 0.717) is 30.9 Å². The summed E-state index contributed by atoms with van der Waals surface area (Å²) in [5, 5.41) is 0. The van der Waals surface area contributed by atoms with E-state index < -0.39 is 0 Å². The summed E-state index contributed by atoms with van der Waals surface area (Å²) < 4.78 is 5.75. The zero-order valence-corrected chi connectivity index (χ0v) is 12.6. The molecule has 0 aromatic rings. The van der Waals surface area contributed by atoms with E-state index in [1.165, 1.54) is 0 Å². The second-order valence-corrected chi connectivity index (χ2v) is 5.69. The smallest absolute Gasteiger partial charge is 0.222 e. The second kappa shape index (κ2) is 9.32. The standard InChI is InChI=1S/C15H30N2O2/c1-3-5-13(2)12-15(18)17-9-6-14(7-10-17)19-11-4-8-16/h13-14H,3-12,16H2,1-2H3. The van der Waals surface area contributed by atoms with Gasteiger partial charge in [-0.15, -0.1) is 0 Å². The number of rotatable bonds is 8. The van der Waals surface area contributed by atoms with Crippen LogP contribution in [0.5, 0.6) is 0 Å². The summed E-state index contributed by atoms with van der Waals surface area (Å²) in [5.41, 5.74) is 5.44. The normalized spacial score (nSPS) is 18.6. The molecule has 0 saturated carbocycles. The Bertz CT molecular complexity index is 251. The van der Waals surface area contributed by atoms with Gasteiger partial charge < -0.3 is 15.4 Å². The molecule has 0 bridgehead atoms. The van der Waals surface area contributed by atoms with Crippen molar-refractivity contribution in [3.05, 3.63) is 0 Å². The average molecular weight is 270 g/mol. The van der Waals surface area contributed by atoms with Crippen molar-refractivity contribution in [3.8, 4) is 0 Å². The maximum absolute atomic E-state index is 12.1. The lowest BCUT2D eigenvalue weighted by molar-refractivity contribution is -0.134. The summed E-state index contributed by atoms with van der Waals surface area (Å²) in [7, 11) is 0. The van der Waals surface area contributed by atoms with Crippen molar-refractivity contribution in [3.63, 3.8) is 0 Å². The average Bonchev–Trinajstić information content (AvgIpc) is 2.40. The minimum atomic E-state index is 0.321. The molecule has 0 spiro atoms. The number of likely N-dealkylation sites (tertiary alicyclic amines) is 1. The third-order valence-electron chi connectivity index (χ3n) is 3.80. The SMILES string of the molecule is CCCC(C)CC(=O)N1CCC(OCCCN)CC1. The van der Waals surface area contributed by atoms with Gasteiger partial charge >= 0.3 is 0 Å². The summed E-state index contributed by atoms with van der Waals surface area (Å²) in [4.78, 5) is 14.1. The number of carbonyl (C=O) groups is 1. The first-order valence-corrected chi connectivity index (χ1v) is 7.76. The van der Waals surface area contributed by atoms with Crippen molar-refractivity contribution in [1.29, 1.82) is 0 Å². The van der Waals surface area contributed by atoms with Crippen LogP contribution in [0.4, 0.5) is 0 Å². The number of carbonyl (C=O) groups excluding carboxylic acids is 1. The van der Waals surface area contributed by atoms with Crippen LogP contribution in [0.25, 0.3) is 0 Å². The Morgan fingerprint density at radius 3 is 2.68 bits per heavy atom. The lowest BCUT2D eigenvalue weighted by Gasteiger charge is -2.32. The Labute approximate surface area is 117 Å². The first-order valence-electron chi connectivity index (χ1n) is 7.76. The van der Waals surface area contributed by atoms with Crippen molar-refractivity contribution in [2.24, 2.45) is 11.7 Å². The largest absolute Gasteiger partial charge is 0.378 e. The van der Waals surface area contributed by atoms with E-state index in [1.54, 1.807) is 0 Å². The Morgan fingerprint density at radius 2 is 2.11 bits per heavy atom. The molecule has 1 saturated heterocycles. The molecule has 19 heavy (non-hydrogen) atoms. The van der Waals surface area contributed by atoms with Crippen LogP contribution in [-0.2, 0) is 9.53 Å². The van der Waals surface area contributed by atoms with E-state index in [1.807, 2.05) is 4.90 Å². The Hall–Kier alpha value is -0.610. The van der Waals surface area contributed by atoms with E-state index in [-0.39, 0.29) is 0 Å². The van der Waals surface area contributed by atoms with Crippen LogP contribution < -0.4 is 5.73 Å². The Balaban J connectivity index is 2.19. The molecule has 0 aliphatic carbocycles. The summed E-state index contributed by atoms with van der Waals surface area (Å²) in [6.45, 7) is 7.49. The maximum atomic E-state index is 12.1. The highest BCUT2D eigenvalue weighted by molar-refractivity contribution is 5.76. The van der Waals surface area contributed by atoms with Gasteiger partial charge in [-0.25, -0.2) is 0 Å². The van der Waals surface area contributed by atoms with E-state index in [2.05, 4.69) is 13.8 Å². The summed E-state index contributed by atoms with van der Waals surface area (Å²) >= 11 is 0. The van der Waals surface area contributed by atoms with Crippen LogP contribution in [-0.4, -0.2) is 43.2 Å². The minimum absolute atomic E-state index is 0.321. The molecule has 2 N–H and O–H groups in total. The number of hydrogen-bond acceptors (Lipinski definition) is 3. The van der Waals surface area contributed by atoms with Gasteiger partial charge in [0.25, 0.3) is 0 Å². The molecule has 1 heterocycles. The fourth-order valence-electron chi connectivity index (χ4n) is 2.63. The zero-order valence-electron chi connectivity index (χ0n) is 12.6. The molecule has 1 rings (SSSR count). The van der Waals surface area contributed by atoms with Crippen molar-refractivity contribution in [2.75, 3.05) is 26.2 Å². The Kier molecular flexibility index (Phi) is 8.07. The van der Waals surface area contributed by atoms with Crippen molar-refractivity contribution in [2.45, 2.75) is 58.5 Å². The van der Waals surface area contributed by atoms with Crippen molar-refractivity contribution < 1.29 is 9.53 Å². The first kappa shape index (κ1) is 16.4. The highest BCUT2D eigenvalue weighted by atomic mass is 16.5. The number of hydrogen-bond donors (Lipinski definition) is 1. The van der Waals surface area contributed by atoms with Gasteiger partial charge in [0, 0.05) is 26.1 Å². The van der Waals surface area contributed by atoms with Crippen LogP contribution in [0.3, 0.4) is 0 Å². The molecular formula is C15H30N2O2. The monoisotopic (exact) mass is 270 g/mol. The highest BCUT2D eigenvalue weighted by Crippen LogP contribution is 2.17. The lowest BCUT2D eigenvalue weighted by Crippen LogP contribution is -2.41. The predicted octanol–water partition coefficient (Wildman–Crippen LogP) is 2.17. The van der Waals surface area contributed by atoms with Gasteiger partial charge in [0.1, 0.15) is 0 Å². The van der Waals surface area contributed by atoms with Crippen LogP contribution in [0.15, 0.2) is 0 Å². The van der Waals surface area contributed by atoms with E-state index in [4.69, 9.17) is 10.5 Å². The molecule has 0 aromatic heterocycles. The molecule has 1 aliphatic rings. The third-order valence-corrected chi connectivity index (χ3v) is 3.80. The first-order chi connectivity index (χ1) is 9.17. The maximum Gasteiger partial charge on any atom is 0.222 e. The van der Waals surface area contributed by atoms with Gasteiger partial charge in [-0.05, 0) is 31.7 Å². The number of nitrogens with zero attached hydrogens (tertiary/aromatic N) is 1. The van der Waals surface area contributed by atoms with Gasteiger partial charge in [-0.1, -0.05) is 26.7 Å². The van der Waals surface area contributed by atoms with E-state index in [9.17, 15) is 4.79 Å². The second-order valence-electron chi connectivity index (χ2n) is 5.69. The molecule has 1 amide bonds. The molecule has 0 aromatic carbocycles. The van der Waals surface area contributed by atoms with Gasteiger partial charge in [-0.2, -0.15) is 0 Å². The highest BCUT2D eigenvalue weighted by Gasteiger charge is 2.23. The minimum Gasteiger partial charge on any atom is -0.378 e. The number of amides is 1. The number of piperidine rings is 1. The predicted molar refractivity (Wildman–Crippen MR) is 77.9 cm³/mol. The molecular weight excluding hydrogens is 240 g/mol. The van der Waals surface area contributed by atoms with Crippen molar-refractivity contribution in [1.82, 2.24) is 4.90 Å². The van der Waals surface area contributed by atoms with Crippen LogP contribution in [0, 0.1) is 5.92 Å². The fraction of sp³-hybridized carbons (Fsp3) is 0.933. The summed E-state index contributed by atoms with van der Waals surface area (Å²) in [5.74, 6) is 0.831. The fourth-order valence-corrected chi connectivity index (χ4v) is 2.63. The number of ether oxygens (including phenoxy) is 1. The molecule has 112 valence electrons. The number of nitrogens with two attached hydrogens (primary N) is 1. The van der Waals surface area contributed by atoms with Gasteiger partial charge in [0.15, 0.2) is 0 Å². The molecule has 1 fully saturated rings. The molecule has 4 nitrogen and oxygen atoms in total. The molecule has 1 atom stereocenters. The van der Waals surface area contributed by atoms with Gasteiger partial charge in [-0.3, -0.25) is 4.79 Å². The van der Waals surface area contributed by atoms with E-state index in [0.717, 1.165) is 51.8 Å². The molecule has 1 aliphatic heterocycles. The van der Waals surface area contributed by atoms with Crippen LogP contribution in [0.1, 0.15) is 52.4 Å². The lowest BCUT2D eigenvalue weighted by atomic mass is 10.00. The molecule has 0 radical (unpaired) electrons. The van der Waals surface area contributed by atoms with Crippen LogP contribution in [0.2, 0.25) is 0 Å². The Morgan fingerprint density at radius 1 is 1.42 bits per heavy atom. The zero-order chi connectivity index (χ0) is 14.1. The topological polar surface area (TPSA) is 55.6 Å². The quantitative estimate of drug-likeness (QED) is 0.688. The van der Waals surface area contributed by atoms with E-state index >= 15 is 0 Å². The van der Waals surface area contributed by atoms with Crippen molar-refractivity contribution >= 4 is 5.91 Å².